The van der Waals surface area contributed by atoms with Crippen molar-refractivity contribution in [1.82, 2.24) is 25.6 Å². The number of carbonyl (C=O) groups is 5. The van der Waals surface area contributed by atoms with E-state index >= 15 is 0 Å². The lowest BCUT2D eigenvalue weighted by Crippen LogP contribution is -2.60. The summed E-state index contributed by atoms with van der Waals surface area (Å²) >= 11 is 0. The van der Waals surface area contributed by atoms with Crippen molar-refractivity contribution in [2.24, 2.45) is 23.2 Å². The van der Waals surface area contributed by atoms with Gasteiger partial charge in [0.2, 0.25) is 27.6 Å². The van der Waals surface area contributed by atoms with E-state index in [2.05, 4.69) is 27.3 Å². The number of likely N-dealkylation sites (tertiary alicyclic amines) is 1. The molecular formula is C37H55N5O8S. The molecule has 2 saturated carbocycles. The molecule has 51 heavy (non-hydrogen) atoms. The van der Waals surface area contributed by atoms with Crippen LogP contribution in [0.15, 0.2) is 43.0 Å². The van der Waals surface area contributed by atoms with E-state index in [1.54, 1.807) is 51.1 Å². The first-order chi connectivity index (χ1) is 23.9. The summed E-state index contributed by atoms with van der Waals surface area (Å²) in [6.45, 7) is 13.1. The van der Waals surface area contributed by atoms with E-state index in [0.29, 0.717) is 13.0 Å². The van der Waals surface area contributed by atoms with Crippen molar-refractivity contribution in [3.05, 3.63) is 48.6 Å². The van der Waals surface area contributed by atoms with Crippen molar-refractivity contribution in [2.75, 3.05) is 18.8 Å². The molecule has 4 amide bonds. The number of nitrogens with one attached hydrogen (secondary N) is 4. The molecule has 0 aromatic heterocycles. The van der Waals surface area contributed by atoms with Crippen LogP contribution in [0.5, 0.6) is 0 Å². The van der Waals surface area contributed by atoms with Crippen molar-refractivity contribution >= 4 is 39.6 Å². The molecule has 1 aliphatic heterocycles. The van der Waals surface area contributed by atoms with E-state index in [1.165, 1.54) is 4.90 Å². The number of amides is 4. The van der Waals surface area contributed by atoms with Gasteiger partial charge < -0.3 is 25.6 Å². The number of benzene rings is 1. The van der Waals surface area contributed by atoms with Crippen molar-refractivity contribution < 1.29 is 37.1 Å². The Kier molecular flexibility index (Phi) is 13.1. The second kappa shape index (κ2) is 16.7. The molecule has 1 unspecified atom stereocenters. The van der Waals surface area contributed by atoms with Crippen LogP contribution in [0.2, 0.25) is 0 Å². The maximum Gasteiger partial charge on any atom is 0.408 e. The molecule has 4 N–H and O–H groups in total. The predicted octanol–water partition coefficient (Wildman–Crippen LogP) is 3.20. The topological polar surface area (TPSA) is 180 Å². The summed E-state index contributed by atoms with van der Waals surface area (Å²) in [7, 11) is -3.76. The molecule has 2 aliphatic carbocycles. The Morgan fingerprint density at radius 1 is 1.04 bits per heavy atom. The maximum absolute atomic E-state index is 14.3. The number of ether oxygens (including phenoxy) is 1. The predicted molar refractivity (Wildman–Crippen MR) is 192 cm³/mol. The normalized spacial score (nSPS) is 22.5. The van der Waals surface area contributed by atoms with E-state index < -0.39 is 63.2 Å². The van der Waals surface area contributed by atoms with Crippen LogP contribution < -0.4 is 20.7 Å². The van der Waals surface area contributed by atoms with Crippen LogP contribution in [-0.2, 0) is 40.5 Å². The number of allylic oxidation sites excluding steroid dienone is 1. The Hall–Kier alpha value is -3.78. The maximum atomic E-state index is 14.3. The summed E-state index contributed by atoms with van der Waals surface area (Å²) < 4.78 is 32.9. The molecule has 3 aliphatic rings. The van der Waals surface area contributed by atoms with Crippen LogP contribution in [0, 0.1) is 23.2 Å². The SMILES string of the molecule is C=CCCC(NC(=O)[C@@H]1[C@@H]2[C@H](CN1C(=O)[C@@H](NC(=O)OC(C)(C)C)C1CCCCC1)C2(C)C)C(=O)C(=O)NCCS(=O)(=O)NCc1ccccc1. The smallest absolute Gasteiger partial charge is 0.408 e. The minimum atomic E-state index is -3.76. The number of hydrogen-bond acceptors (Lipinski definition) is 8. The van der Waals surface area contributed by atoms with Crippen molar-refractivity contribution in [3.63, 3.8) is 0 Å². The van der Waals surface area contributed by atoms with Crippen molar-refractivity contribution in [3.8, 4) is 0 Å². The summed E-state index contributed by atoms with van der Waals surface area (Å²) in [5.74, 6) is -3.54. The molecule has 1 aromatic rings. The Bertz CT molecular complexity index is 1550. The molecule has 1 heterocycles. The zero-order chi connectivity index (χ0) is 37.6. The molecule has 0 bridgehead atoms. The zero-order valence-corrected chi connectivity index (χ0v) is 31.4. The lowest BCUT2D eigenvalue weighted by atomic mass is 9.83. The third-order valence-corrected chi connectivity index (χ3v) is 11.7. The summed E-state index contributed by atoms with van der Waals surface area (Å²) in [5, 5.41) is 7.96. The average Bonchev–Trinajstić information content (AvgIpc) is 3.38. The van der Waals surface area contributed by atoms with Gasteiger partial charge in [0.05, 0.1) is 11.8 Å². The number of nitrogens with zero attached hydrogens (tertiary/aromatic N) is 1. The standard InChI is InChI=1S/C37H55N5O8S/c1-7-8-19-27(31(43)33(45)38-20-21-51(48,49)39-22-24-15-11-9-12-16-24)40-32(44)30-28-26(37(28,5)6)23-42(30)34(46)29(25-17-13-10-14-18-25)41-35(47)50-36(2,3)4/h7,9,11-12,15-16,25-30,39H,1,8,10,13-14,17-23H2,2-6H3,(H,38,45)(H,40,44)(H,41,47)/t26-,27?,28-,29-,30-/m0/s1. The number of Topliss-reactive ketones (excluding diaryl/α,β-unsaturated/α-hetero) is 1. The van der Waals surface area contributed by atoms with Crippen LogP contribution in [0.3, 0.4) is 0 Å². The number of piperidine rings is 1. The van der Waals surface area contributed by atoms with Gasteiger partial charge in [-0.1, -0.05) is 69.5 Å². The number of carbonyl (C=O) groups excluding carboxylic acids is 5. The highest BCUT2D eigenvalue weighted by atomic mass is 32.2. The molecule has 1 aromatic carbocycles. The minimum Gasteiger partial charge on any atom is -0.444 e. The van der Waals surface area contributed by atoms with Crippen LogP contribution in [0.4, 0.5) is 4.79 Å². The molecule has 282 valence electrons. The molecule has 3 fully saturated rings. The lowest BCUT2D eigenvalue weighted by Gasteiger charge is -2.37. The number of hydrogen-bond donors (Lipinski definition) is 4. The molecule has 0 radical (unpaired) electrons. The monoisotopic (exact) mass is 729 g/mol. The number of alkyl carbamates (subject to hydrolysis) is 1. The summed E-state index contributed by atoms with van der Waals surface area (Å²) in [4.78, 5) is 69.3. The van der Waals surface area contributed by atoms with E-state index in [0.717, 1.165) is 37.7 Å². The Balaban J connectivity index is 1.44. The van der Waals surface area contributed by atoms with E-state index in [9.17, 15) is 32.4 Å². The highest BCUT2D eigenvalue weighted by Gasteiger charge is 2.69. The largest absolute Gasteiger partial charge is 0.444 e. The van der Waals surface area contributed by atoms with Crippen molar-refractivity contribution in [1.29, 1.82) is 0 Å². The fourth-order valence-corrected chi connectivity index (χ4v) is 8.39. The molecular weight excluding hydrogens is 675 g/mol. The van der Waals surface area contributed by atoms with Gasteiger partial charge >= 0.3 is 6.09 Å². The van der Waals surface area contributed by atoms with Crippen molar-refractivity contribution in [2.45, 2.75) is 110 Å². The molecule has 0 spiro atoms. The van der Waals surface area contributed by atoms with Gasteiger partial charge in [0, 0.05) is 19.6 Å². The first kappa shape index (κ1) is 40.0. The van der Waals surface area contributed by atoms with E-state index in [4.69, 9.17) is 4.74 Å². The number of rotatable bonds is 16. The summed E-state index contributed by atoms with van der Waals surface area (Å²) in [5.41, 5.74) is -0.220. The molecule has 4 rings (SSSR count). The van der Waals surface area contributed by atoms with Gasteiger partial charge in [-0.25, -0.2) is 17.9 Å². The number of ketones is 1. The fraction of sp³-hybridized carbons (Fsp3) is 0.649. The van der Waals surface area contributed by atoms with Gasteiger partial charge in [0.1, 0.15) is 17.7 Å². The first-order valence-corrected chi connectivity index (χ1v) is 19.6. The van der Waals surface area contributed by atoms with Gasteiger partial charge in [0.25, 0.3) is 5.91 Å². The Labute approximate surface area is 302 Å². The number of fused-ring (bicyclic) bond motifs is 1. The summed E-state index contributed by atoms with van der Waals surface area (Å²) in [6.07, 6.45) is 5.69. The zero-order valence-electron chi connectivity index (χ0n) is 30.5. The molecule has 5 atom stereocenters. The highest BCUT2D eigenvalue weighted by molar-refractivity contribution is 7.89. The number of sulfonamides is 1. The Morgan fingerprint density at radius 3 is 2.33 bits per heavy atom. The van der Waals surface area contributed by atoms with Gasteiger partial charge in [-0.3, -0.25) is 19.2 Å². The van der Waals surface area contributed by atoms with Crippen LogP contribution in [0.25, 0.3) is 0 Å². The minimum absolute atomic E-state index is 0.0498. The molecule has 14 heteroatoms. The second-order valence-corrected chi connectivity index (χ2v) is 17.5. The van der Waals surface area contributed by atoms with Gasteiger partial charge in [-0.05, 0) is 75.2 Å². The van der Waals surface area contributed by atoms with Gasteiger partial charge in [-0.2, -0.15) is 0 Å². The quantitative estimate of drug-likeness (QED) is 0.148. The van der Waals surface area contributed by atoms with Crippen LogP contribution in [-0.4, -0.2) is 85.5 Å². The third-order valence-electron chi connectivity index (χ3n) is 10.3. The van der Waals surface area contributed by atoms with Gasteiger partial charge in [0.15, 0.2) is 0 Å². The average molecular weight is 730 g/mol. The summed E-state index contributed by atoms with van der Waals surface area (Å²) in [6, 6.07) is 5.95. The second-order valence-electron chi connectivity index (χ2n) is 15.6. The Morgan fingerprint density at radius 2 is 1.71 bits per heavy atom. The van der Waals surface area contributed by atoms with E-state index in [1.807, 2.05) is 19.9 Å². The highest BCUT2D eigenvalue weighted by Crippen LogP contribution is 2.65. The van der Waals surface area contributed by atoms with E-state index in [-0.39, 0.29) is 48.6 Å². The van der Waals surface area contributed by atoms with Gasteiger partial charge in [-0.15, -0.1) is 6.58 Å². The first-order valence-electron chi connectivity index (χ1n) is 18.0. The molecule has 1 saturated heterocycles. The van der Waals surface area contributed by atoms with Crippen LogP contribution in [0.1, 0.15) is 85.1 Å². The fourth-order valence-electron chi connectivity index (χ4n) is 7.49. The lowest BCUT2D eigenvalue weighted by molar-refractivity contribution is -0.145. The third kappa shape index (κ3) is 10.6. The molecule has 13 nitrogen and oxygen atoms in total. The van der Waals surface area contributed by atoms with Crippen LogP contribution >= 0.6 is 0 Å².